The van der Waals surface area contributed by atoms with E-state index in [4.69, 9.17) is 4.52 Å². The van der Waals surface area contributed by atoms with Gasteiger partial charge in [-0.2, -0.15) is 0 Å². The van der Waals surface area contributed by atoms with Crippen molar-refractivity contribution in [3.05, 3.63) is 28.1 Å². The summed E-state index contributed by atoms with van der Waals surface area (Å²) < 4.78 is 6.06. The van der Waals surface area contributed by atoms with Crippen LogP contribution in [-0.2, 0) is 11.3 Å². The number of rotatable bonds is 3. The number of hydrogen-bond donors (Lipinski definition) is 0. The van der Waals surface area contributed by atoms with Gasteiger partial charge in [0.15, 0.2) is 5.82 Å². The van der Waals surface area contributed by atoms with Crippen LogP contribution in [0.5, 0.6) is 0 Å². The van der Waals surface area contributed by atoms with Crippen LogP contribution in [0.1, 0.15) is 20.3 Å². The Bertz CT molecular complexity index is 694. The van der Waals surface area contributed by atoms with Crippen molar-refractivity contribution in [2.45, 2.75) is 26.8 Å². The lowest BCUT2D eigenvalue weighted by molar-refractivity contribution is -0.134. The molecule has 1 amide bonds. The van der Waals surface area contributed by atoms with Crippen LogP contribution in [0.3, 0.4) is 0 Å². The second-order valence-electron chi connectivity index (χ2n) is 6.08. The Kier molecular flexibility index (Phi) is 4.15. The number of carbonyl (C=O) groups excluding carboxylic acids is 1. The molecule has 118 valence electrons. The van der Waals surface area contributed by atoms with Gasteiger partial charge in [0.25, 0.3) is 0 Å². The Morgan fingerprint density at radius 3 is 2.77 bits per heavy atom. The molecule has 3 rings (SSSR count). The molecule has 0 saturated carbocycles. The number of carbonyl (C=O) groups is 1. The molecule has 0 aliphatic carbocycles. The number of likely N-dealkylation sites (tertiary alicyclic amines) is 1. The molecule has 22 heavy (non-hydrogen) atoms. The molecule has 3 heterocycles. The van der Waals surface area contributed by atoms with Crippen molar-refractivity contribution < 1.29 is 9.32 Å². The van der Waals surface area contributed by atoms with Gasteiger partial charge in [-0.1, -0.05) is 25.1 Å². The van der Waals surface area contributed by atoms with E-state index in [0.29, 0.717) is 17.7 Å². The van der Waals surface area contributed by atoms with Crippen LogP contribution in [0.15, 0.2) is 26.8 Å². The largest absolute Gasteiger partial charge is 0.442 e. The summed E-state index contributed by atoms with van der Waals surface area (Å²) in [6, 6.07) is 3.73. The van der Waals surface area contributed by atoms with Crippen LogP contribution >= 0.6 is 11.3 Å². The molecule has 1 aliphatic heterocycles. The van der Waals surface area contributed by atoms with Crippen LogP contribution in [0.25, 0.3) is 10.7 Å². The highest BCUT2D eigenvalue weighted by atomic mass is 32.1. The fourth-order valence-electron chi connectivity index (χ4n) is 3.09. The Morgan fingerprint density at radius 1 is 1.41 bits per heavy atom. The summed E-state index contributed by atoms with van der Waals surface area (Å²) in [7, 11) is 0. The van der Waals surface area contributed by atoms with Crippen LogP contribution in [0, 0.1) is 11.8 Å². The van der Waals surface area contributed by atoms with Crippen LogP contribution in [0.4, 0.5) is 0 Å². The lowest BCUT2D eigenvalue weighted by Crippen LogP contribution is -2.44. The monoisotopic (exact) mass is 321 g/mol. The smallest absolute Gasteiger partial charge is 0.341 e. The molecule has 6 nitrogen and oxygen atoms in total. The highest BCUT2D eigenvalue weighted by molar-refractivity contribution is 7.13. The molecular weight excluding hydrogens is 302 g/mol. The number of hydrogen-bond acceptors (Lipinski definition) is 5. The van der Waals surface area contributed by atoms with Gasteiger partial charge in [-0.3, -0.25) is 9.32 Å². The minimum absolute atomic E-state index is 0.0188. The predicted molar refractivity (Wildman–Crippen MR) is 83.6 cm³/mol. The van der Waals surface area contributed by atoms with E-state index in [-0.39, 0.29) is 12.5 Å². The topological polar surface area (TPSA) is 68.3 Å². The van der Waals surface area contributed by atoms with Gasteiger partial charge in [0, 0.05) is 13.1 Å². The third-order valence-corrected chi connectivity index (χ3v) is 4.81. The summed E-state index contributed by atoms with van der Waals surface area (Å²) in [5, 5.41) is 5.70. The maximum atomic E-state index is 12.5. The SMILES string of the molecule is CC1CC(C)CN(C(=O)Cn2c(-c3cccs3)noc2=O)C1. The maximum absolute atomic E-state index is 12.5. The molecule has 1 aliphatic rings. The van der Waals surface area contributed by atoms with E-state index >= 15 is 0 Å². The molecule has 2 atom stereocenters. The van der Waals surface area contributed by atoms with Gasteiger partial charge in [0.2, 0.25) is 5.91 Å². The molecule has 1 fully saturated rings. The fraction of sp³-hybridized carbons (Fsp3) is 0.533. The number of nitrogens with zero attached hydrogens (tertiary/aromatic N) is 3. The Balaban J connectivity index is 1.80. The maximum Gasteiger partial charge on any atom is 0.442 e. The van der Waals surface area contributed by atoms with Gasteiger partial charge < -0.3 is 4.90 Å². The summed E-state index contributed by atoms with van der Waals surface area (Å²) in [5.74, 6) is 0.759. The Morgan fingerprint density at radius 2 is 2.14 bits per heavy atom. The number of piperidine rings is 1. The third kappa shape index (κ3) is 2.99. The molecule has 0 radical (unpaired) electrons. The molecular formula is C15H19N3O3S. The van der Waals surface area contributed by atoms with Gasteiger partial charge in [0.05, 0.1) is 4.88 Å². The van der Waals surface area contributed by atoms with Crippen molar-refractivity contribution >= 4 is 17.2 Å². The minimum Gasteiger partial charge on any atom is -0.341 e. The highest BCUT2D eigenvalue weighted by Gasteiger charge is 2.27. The summed E-state index contributed by atoms with van der Waals surface area (Å²) in [6.45, 7) is 5.78. The molecule has 2 unspecified atom stereocenters. The second-order valence-corrected chi connectivity index (χ2v) is 7.03. The zero-order valence-electron chi connectivity index (χ0n) is 12.7. The number of aromatic nitrogens is 2. The molecule has 0 aromatic carbocycles. The van der Waals surface area contributed by atoms with E-state index in [1.54, 1.807) is 0 Å². The quantitative estimate of drug-likeness (QED) is 0.868. The van der Waals surface area contributed by atoms with Gasteiger partial charge in [0.1, 0.15) is 6.54 Å². The molecule has 1 saturated heterocycles. The van der Waals surface area contributed by atoms with Crippen molar-refractivity contribution in [2.75, 3.05) is 13.1 Å². The van der Waals surface area contributed by atoms with E-state index in [1.807, 2.05) is 22.4 Å². The standard InChI is InChI=1S/C15H19N3O3S/c1-10-6-11(2)8-17(7-10)13(19)9-18-14(16-21-15(18)20)12-4-3-5-22-12/h3-5,10-11H,6-9H2,1-2H3. The lowest BCUT2D eigenvalue weighted by Gasteiger charge is -2.35. The molecule has 2 aromatic heterocycles. The van der Waals surface area contributed by atoms with Crippen molar-refractivity contribution in [1.29, 1.82) is 0 Å². The van der Waals surface area contributed by atoms with Crippen LogP contribution in [-0.4, -0.2) is 33.6 Å². The van der Waals surface area contributed by atoms with E-state index in [9.17, 15) is 9.59 Å². The second kappa shape index (κ2) is 6.08. The first kappa shape index (κ1) is 15.0. The molecule has 0 spiro atoms. The first-order chi connectivity index (χ1) is 10.5. The predicted octanol–water partition coefficient (Wildman–Crippen LogP) is 2.07. The van der Waals surface area contributed by atoms with Crippen LogP contribution in [0.2, 0.25) is 0 Å². The van der Waals surface area contributed by atoms with Gasteiger partial charge >= 0.3 is 5.76 Å². The molecule has 0 bridgehead atoms. The summed E-state index contributed by atoms with van der Waals surface area (Å²) >= 11 is 1.46. The van der Waals surface area contributed by atoms with Gasteiger partial charge in [-0.15, -0.1) is 11.3 Å². The van der Waals surface area contributed by atoms with Crippen molar-refractivity contribution in [2.24, 2.45) is 11.8 Å². The normalized spacial score (nSPS) is 22.0. The first-order valence-corrected chi connectivity index (χ1v) is 8.30. The minimum atomic E-state index is -0.588. The van der Waals surface area contributed by atoms with E-state index in [2.05, 4.69) is 19.0 Å². The summed E-state index contributed by atoms with van der Waals surface area (Å²) in [4.78, 5) is 27.0. The fourth-order valence-corrected chi connectivity index (χ4v) is 3.81. The summed E-state index contributed by atoms with van der Waals surface area (Å²) in [6.07, 6.45) is 1.14. The Hall–Kier alpha value is -1.89. The van der Waals surface area contributed by atoms with Crippen molar-refractivity contribution in [1.82, 2.24) is 14.6 Å². The Labute approximate surface area is 132 Å². The highest BCUT2D eigenvalue weighted by Crippen LogP contribution is 2.23. The first-order valence-electron chi connectivity index (χ1n) is 7.42. The third-order valence-electron chi connectivity index (χ3n) is 3.94. The molecule has 7 heteroatoms. The number of thiophene rings is 1. The number of amides is 1. The zero-order valence-corrected chi connectivity index (χ0v) is 13.5. The average molecular weight is 321 g/mol. The molecule has 2 aromatic rings. The van der Waals surface area contributed by atoms with Crippen molar-refractivity contribution in [3.8, 4) is 10.7 Å². The van der Waals surface area contributed by atoms with Crippen LogP contribution < -0.4 is 5.76 Å². The summed E-state index contributed by atoms with van der Waals surface area (Å²) in [5.41, 5.74) is 0. The van der Waals surface area contributed by atoms with E-state index < -0.39 is 5.76 Å². The van der Waals surface area contributed by atoms with Gasteiger partial charge in [-0.05, 0) is 29.7 Å². The zero-order chi connectivity index (χ0) is 15.7. The van der Waals surface area contributed by atoms with E-state index in [1.165, 1.54) is 15.9 Å². The lowest BCUT2D eigenvalue weighted by atomic mass is 9.92. The molecule has 0 N–H and O–H groups in total. The van der Waals surface area contributed by atoms with E-state index in [0.717, 1.165) is 24.4 Å². The van der Waals surface area contributed by atoms with Crippen molar-refractivity contribution in [3.63, 3.8) is 0 Å². The average Bonchev–Trinajstić information content (AvgIpc) is 3.08. The van der Waals surface area contributed by atoms with Gasteiger partial charge in [-0.25, -0.2) is 9.36 Å².